The molecule has 2 N–H and O–H groups in total. The Balaban J connectivity index is 1.41. The van der Waals surface area contributed by atoms with E-state index in [-0.39, 0.29) is 35.2 Å². The number of carbonyl (C=O) groups excluding carboxylic acids is 1. The van der Waals surface area contributed by atoms with Crippen molar-refractivity contribution in [2.24, 2.45) is 0 Å². The van der Waals surface area contributed by atoms with Gasteiger partial charge in [0.15, 0.2) is 0 Å². The lowest BCUT2D eigenvalue weighted by atomic mass is 10.1. The number of nitro benzene ring substituents is 1. The molecule has 1 aromatic heterocycles. The van der Waals surface area contributed by atoms with E-state index in [4.69, 9.17) is 0 Å². The third kappa shape index (κ3) is 5.60. The van der Waals surface area contributed by atoms with E-state index in [0.29, 0.717) is 31.7 Å². The molecule has 14 heteroatoms. The molecule has 0 unspecified atom stereocenters. The lowest BCUT2D eigenvalue weighted by molar-refractivity contribution is -0.384. The minimum absolute atomic E-state index is 0.0973. The van der Waals surface area contributed by atoms with Crippen LogP contribution in [0.2, 0.25) is 0 Å². The van der Waals surface area contributed by atoms with E-state index in [0.717, 1.165) is 5.69 Å². The fourth-order valence-electron chi connectivity index (χ4n) is 3.78. The average Bonchev–Trinajstić information content (AvgIpc) is 2.88. The number of non-ortho nitro benzene ring substituents is 1. The summed E-state index contributed by atoms with van der Waals surface area (Å²) in [5, 5.41) is 22.6. The predicted octanol–water partition coefficient (Wildman–Crippen LogP) is 2.44. The molecule has 1 fully saturated rings. The number of nitrogens with zero attached hydrogens (tertiary/aromatic N) is 6. The van der Waals surface area contributed by atoms with Crippen LogP contribution in [0.4, 0.5) is 33.1 Å². The van der Waals surface area contributed by atoms with Crippen LogP contribution in [0.1, 0.15) is 5.56 Å². The summed E-state index contributed by atoms with van der Waals surface area (Å²) < 4.78 is 13.2. The zero-order valence-corrected chi connectivity index (χ0v) is 18.8. The van der Waals surface area contributed by atoms with Crippen molar-refractivity contribution in [3.63, 3.8) is 0 Å². The molecule has 0 spiro atoms. The van der Waals surface area contributed by atoms with Crippen molar-refractivity contribution in [3.05, 3.63) is 86.5 Å². The summed E-state index contributed by atoms with van der Waals surface area (Å²) in [5.74, 6) is -0.913. The Hall–Kier alpha value is -4.88. The second kappa shape index (κ2) is 10.6. The monoisotopic (exact) mass is 496 g/mol. The normalized spacial score (nSPS) is 13.2. The van der Waals surface area contributed by atoms with Gasteiger partial charge in [0.2, 0.25) is 17.5 Å². The number of rotatable bonds is 8. The summed E-state index contributed by atoms with van der Waals surface area (Å²) in [6, 6.07) is 11.6. The third-order valence-corrected chi connectivity index (χ3v) is 5.59. The van der Waals surface area contributed by atoms with Gasteiger partial charge in [-0.05, 0) is 29.8 Å². The second-order valence-corrected chi connectivity index (χ2v) is 7.88. The smallest absolute Gasteiger partial charge is 0.355 e. The standard InChI is InChI=1S/C22H21FN8O5/c23-16-3-7-17(8-4-16)28-9-11-29(12-10-28)22-20(31(35)36)21(24-14-25-22)27-26-19(32)13-15-1-5-18(6-2-15)30(33)34/h1-8,14H,9-13H2,(H,26,32)(H,24,25,27). The number of nitro groups is 2. The molecule has 2 heterocycles. The Morgan fingerprint density at radius 2 is 1.56 bits per heavy atom. The number of anilines is 3. The van der Waals surface area contributed by atoms with Crippen molar-refractivity contribution < 1.29 is 19.0 Å². The maximum atomic E-state index is 13.2. The fourth-order valence-corrected chi connectivity index (χ4v) is 3.78. The zero-order valence-electron chi connectivity index (χ0n) is 18.8. The first-order valence-electron chi connectivity index (χ1n) is 10.8. The molecule has 2 aromatic carbocycles. The maximum absolute atomic E-state index is 13.2. The first-order chi connectivity index (χ1) is 17.3. The van der Waals surface area contributed by atoms with Crippen LogP contribution < -0.4 is 20.7 Å². The molecule has 1 amide bonds. The van der Waals surface area contributed by atoms with Crippen LogP contribution in [0.3, 0.4) is 0 Å². The Kier molecular flexibility index (Phi) is 7.13. The van der Waals surface area contributed by atoms with E-state index < -0.39 is 15.8 Å². The average molecular weight is 496 g/mol. The largest absolute Gasteiger partial charge is 0.368 e. The summed E-state index contributed by atoms with van der Waals surface area (Å²) in [7, 11) is 0. The lowest BCUT2D eigenvalue weighted by Gasteiger charge is -2.36. The number of carbonyl (C=O) groups is 1. The third-order valence-electron chi connectivity index (χ3n) is 5.59. The van der Waals surface area contributed by atoms with Gasteiger partial charge in [-0.1, -0.05) is 12.1 Å². The quantitative estimate of drug-likeness (QED) is 0.350. The molecule has 36 heavy (non-hydrogen) atoms. The molecule has 1 aliphatic rings. The van der Waals surface area contributed by atoms with Crippen molar-refractivity contribution in [3.8, 4) is 0 Å². The molecule has 0 atom stereocenters. The maximum Gasteiger partial charge on any atom is 0.355 e. The number of nitrogens with one attached hydrogen (secondary N) is 2. The zero-order chi connectivity index (χ0) is 25.7. The Morgan fingerprint density at radius 3 is 2.17 bits per heavy atom. The predicted molar refractivity (Wildman–Crippen MR) is 128 cm³/mol. The highest BCUT2D eigenvalue weighted by molar-refractivity contribution is 5.81. The molecule has 1 saturated heterocycles. The SMILES string of the molecule is O=C(Cc1ccc([N+](=O)[O-])cc1)NNc1ncnc(N2CCN(c3ccc(F)cc3)CC2)c1[N+](=O)[O-]. The van der Waals surface area contributed by atoms with Crippen LogP contribution >= 0.6 is 0 Å². The van der Waals surface area contributed by atoms with Crippen molar-refractivity contribution >= 4 is 34.6 Å². The summed E-state index contributed by atoms with van der Waals surface area (Å²) >= 11 is 0. The van der Waals surface area contributed by atoms with Gasteiger partial charge in [0.1, 0.15) is 12.1 Å². The van der Waals surface area contributed by atoms with Gasteiger partial charge in [-0.15, -0.1) is 0 Å². The highest BCUT2D eigenvalue weighted by Gasteiger charge is 2.29. The molecule has 0 saturated carbocycles. The number of aromatic nitrogens is 2. The van der Waals surface area contributed by atoms with Crippen molar-refractivity contribution in [1.29, 1.82) is 0 Å². The first-order valence-corrected chi connectivity index (χ1v) is 10.8. The van der Waals surface area contributed by atoms with E-state index in [1.54, 1.807) is 17.0 Å². The van der Waals surface area contributed by atoms with E-state index in [1.165, 1.54) is 42.7 Å². The molecule has 0 aliphatic carbocycles. The van der Waals surface area contributed by atoms with Gasteiger partial charge in [0.05, 0.1) is 16.3 Å². The molecular weight excluding hydrogens is 475 g/mol. The molecule has 1 aliphatic heterocycles. The molecule has 3 aromatic rings. The number of hydrogen-bond acceptors (Lipinski definition) is 10. The van der Waals surface area contributed by atoms with Gasteiger partial charge in [-0.2, -0.15) is 0 Å². The van der Waals surface area contributed by atoms with Crippen molar-refractivity contribution in [2.75, 3.05) is 41.4 Å². The van der Waals surface area contributed by atoms with Gasteiger partial charge in [0, 0.05) is 44.0 Å². The molecule has 13 nitrogen and oxygen atoms in total. The number of piperazine rings is 1. The van der Waals surface area contributed by atoms with E-state index in [2.05, 4.69) is 20.8 Å². The van der Waals surface area contributed by atoms with Gasteiger partial charge < -0.3 is 9.80 Å². The van der Waals surface area contributed by atoms with Crippen LogP contribution in [0.15, 0.2) is 54.9 Å². The minimum atomic E-state index is -0.619. The van der Waals surface area contributed by atoms with Crippen LogP contribution in [-0.4, -0.2) is 51.9 Å². The number of hydrogen-bond donors (Lipinski definition) is 2. The van der Waals surface area contributed by atoms with Gasteiger partial charge in [0.25, 0.3) is 5.69 Å². The molecule has 0 bridgehead atoms. The van der Waals surface area contributed by atoms with Crippen LogP contribution in [0.5, 0.6) is 0 Å². The molecule has 186 valence electrons. The van der Waals surface area contributed by atoms with Gasteiger partial charge in [-0.25, -0.2) is 14.4 Å². The summed E-state index contributed by atoms with van der Waals surface area (Å²) in [6.07, 6.45) is 1.06. The topological polar surface area (TPSA) is 160 Å². The highest BCUT2D eigenvalue weighted by Crippen LogP contribution is 2.32. The first kappa shape index (κ1) is 24.3. The van der Waals surface area contributed by atoms with Crippen LogP contribution in [-0.2, 0) is 11.2 Å². The highest BCUT2D eigenvalue weighted by atomic mass is 19.1. The number of halogens is 1. The Morgan fingerprint density at radius 1 is 0.917 bits per heavy atom. The second-order valence-electron chi connectivity index (χ2n) is 7.88. The van der Waals surface area contributed by atoms with Crippen molar-refractivity contribution in [2.45, 2.75) is 6.42 Å². The minimum Gasteiger partial charge on any atom is -0.368 e. The van der Waals surface area contributed by atoms with E-state index in [1.807, 2.05) is 4.90 Å². The van der Waals surface area contributed by atoms with Gasteiger partial charge in [-0.3, -0.25) is 35.9 Å². The van der Waals surface area contributed by atoms with E-state index >= 15 is 0 Å². The van der Waals surface area contributed by atoms with Crippen molar-refractivity contribution in [1.82, 2.24) is 15.4 Å². The molecule has 0 radical (unpaired) electrons. The summed E-state index contributed by atoms with van der Waals surface area (Å²) in [5.41, 5.74) is 5.75. The van der Waals surface area contributed by atoms with Gasteiger partial charge >= 0.3 is 5.69 Å². The van der Waals surface area contributed by atoms with E-state index in [9.17, 15) is 29.4 Å². The Bertz CT molecular complexity index is 1260. The lowest BCUT2D eigenvalue weighted by Crippen LogP contribution is -2.47. The summed E-state index contributed by atoms with van der Waals surface area (Å²) in [6.45, 7) is 1.95. The molecular formula is C22H21FN8O5. The van der Waals surface area contributed by atoms with Crippen LogP contribution in [0.25, 0.3) is 0 Å². The fraction of sp³-hybridized carbons (Fsp3) is 0.227. The van der Waals surface area contributed by atoms with Crippen LogP contribution in [0, 0.1) is 26.0 Å². The summed E-state index contributed by atoms with van der Waals surface area (Å²) in [4.78, 5) is 45.6. The molecule has 4 rings (SSSR count). The number of benzene rings is 2. The number of hydrazine groups is 1. The number of amides is 1. The Labute approximate surface area is 203 Å².